The van der Waals surface area contributed by atoms with Crippen LogP contribution in [0.3, 0.4) is 0 Å². The molecule has 0 atom stereocenters. The summed E-state index contributed by atoms with van der Waals surface area (Å²) < 4.78 is 5.99. The number of hydrogen-bond acceptors (Lipinski definition) is 1. The monoisotopic (exact) mass is 257 g/mol. The van der Waals surface area contributed by atoms with Crippen LogP contribution in [0.2, 0.25) is 0 Å². The zero-order valence-electron chi connectivity index (χ0n) is 11.0. The van der Waals surface area contributed by atoms with Gasteiger partial charge in [-0.2, -0.15) is 0 Å². The Kier molecular flexibility index (Phi) is 3.58. The van der Waals surface area contributed by atoms with Crippen LogP contribution in [-0.2, 0) is 4.43 Å². The first-order valence-corrected chi connectivity index (χ1v) is 7.72. The van der Waals surface area contributed by atoms with E-state index < -0.39 is 0 Å². The normalized spacial score (nSPS) is 24.2. The summed E-state index contributed by atoms with van der Waals surface area (Å²) in [7, 11) is 3.43. The minimum atomic E-state index is -0.222. The summed E-state index contributed by atoms with van der Waals surface area (Å²) in [5.41, 5.74) is 4.27. The van der Waals surface area contributed by atoms with Gasteiger partial charge in [0.2, 0.25) is 10.5 Å². The highest BCUT2D eigenvalue weighted by Crippen LogP contribution is 2.48. The van der Waals surface area contributed by atoms with Gasteiger partial charge in [0.1, 0.15) is 5.60 Å². The molecule has 0 aromatic heterocycles. The molecular formula is C16H21OSi. The summed E-state index contributed by atoms with van der Waals surface area (Å²) in [4.78, 5) is 0. The molecule has 18 heavy (non-hydrogen) atoms. The van der Waals surface area contributed by atoms with E-state index in [4.69, 9.17) is 4.43 Å². The molecular weight excluding hydrogens is 236 g/mol. The first-order chi connectivity index (χ1) is 8.88. The zero-order chi connectivity index (χ0) is 12.4. The second-order valence-corrected chi connectivity index (χ2v) is 5.85. The molecule has 1 nitrogen and oxygen atoms in total. The maximum absolute atomic E-state index is 5.99. The highest BCUT2D eigenvalue weighted by Gasteiger charge is 2.42. The SMILES string of the molecule is [Si]OC(C1=CCCC1)(C1=CCCC1)C1=CCCC1. The van der Waals surface area contributed by atoms with Crippen LogP contribution in [0.25, 0.3) is 0 Å². The molecule has 0 bridgehead atoms. The Morgan fingerprint density at radius 2 is 1.17 bits per heavy atom. The lowest BCUT2D eigenvalue weighted by Crippen LogP contribution is -2.37. The maximum atomic E-state index is 5.99. The lowest BCUT2D eigenvalue weighted by atomic mass is 9.78. The molecule has 0 saturated carbocycles. The second-order valence-electron chi connectivity index (χ2n) is 5.65. The quantitative estimate of drug-likeness (QED) is 0.543. The van der Waals surface area contributed by atoms with Gasteiger partial charge in [-0.15, -0.1) is 0 Å². The molecule has 3 radical (unpaired) electrons. The largest absolute Gasteiger partial charge is 0.402 e. The van der Waals surface area contributed by atoms with Crippen molar-refractivity contribution >= 4 is 10.5 Å². The topological polar surface area (TPSA) is 9.23 Å². The first-order valence-electron chi connectivity index (χ1n) is 7.31. The Labute approximate surface area is 114 Å². The van der Waals surface area contributed by atoms with E-state index in [-0.39, 0.29) is 5.60 Å². The summed E-state index contributed by atoms with van der Waals surface area (Å²) in [6.07, 6.45) is 18.3. The molecule has 3 rings (SSSR count). The molecule has 0 unspecified atom stereocenters. The predicted molar refractivity (Wildman–Crippen MR) is 75.4 cm³/mol. The van der Waals surface area contributed by atoms with E-state index in [1.54, 1.807) is 0 Å². The molecule has 0 aliphatic heterocycles. The van der Waals surface area contributed by atoms with Crippen LogP contribution in [-0.4, -0.2) is 16.1 Å². The Hall–Kier alpha value is -0.603. The first kappa shape index (κ1) is 12.4. The van der Waals surface area contributed by atoms with Gasteiger partial charge in [-0.3, -0.25) is 0 Å². The lowest BCUT2D eigenvalue weighted by molar-refractivity contribution is 0.193. The van der Waals surface area contributed by atoms with Crippen LogP contribution in [0.4, 0.5) is 0 Å². The van der Waals surface area contributed by atoms with Gasteiger partial charge >= 0.3 is 0 Å². The van der Waals surface area contributed by atoms with Crippen molar-refractivity contribution in [3.8, 4) is 0 Å². The zero-order valence-corrected chi connectivity index (χ0v) is 12.0. The summed E-state index contributed by atoms with van der Waals surface area (Å²) in [6, 6.07) is 0. The van der Waals surface area contributed by atoms with Gasteiger partial charge < -0.3 is 4.43 Å². The average Bonchev–Trinajstić information content (AvgIpc) is 3.16. The van der Waals surface area contributed by atoms with Crippen molar-refractivity contribution in [2.75, 3.05) is 0 Å². The van der Waals surface area contributed by atoms with Crippen LogP contribution in [0, 0.1) is 0 Å². The standard InChI is InChI=1S/C16H21OSi/c18-17-16(13-7-1-2-8-13,14-9-3-4-10-14)15-11-5-6-12-15/h7,9,11H,1-6,8,10,12H2. The van der Waals surface area contributed by atoms with Gasteiger partial charge in [0, 0.05) is 0 Å². The average molecular weight is 257 g/mol. The van der Waals surface area contributed by atoms with Crippen molar-refractivity contribution < 1.29 is 4.43 Å². The minimum Gasteiger partial charge on any atom is -0.402 e. The van der Waals surface area contributed by atoms with Gasteiger partial charge in [0.05, 0.1) is 0 Å². The summed E-state index contributed by atoms with van der Waals surface area (Å²) >= 11 is 0. The Morgan fingerprint density at radius 1 is 0.778 bits per heavy atom. The highest BCUT2D eigenvalue weighted by atomic mass is 28.2. The molecule has 0 saturated heterocycles. The maximum Gasteiger partial charge on any atom is 0.248 e. The van der Waals surface area contributed by atoms with Crippen molar-refractivity contribution in [2.24, 2.45) is 0 Å². The van der Waals surface area contributed by atoms with Crippen LogP contribution in [0.15, 0.2) is 34.9 Å². The third kappa shape index (κ3) is 1.86. The van der Waals surface area contributed by atoms with Crippen molar-refractivity contribution in [1.29, 1.82) is 0 Å². The van der Waals surface area contributed by atoms with Gasteiger partial charge in [-0.25, -0.2) is 0 Å². The molecule has 3 aliphatic rings. The molecule has 3 aliphatic carbocycles. The van der Waals surface area contributed by atoms with Crippen LogP contribution in [0.5, 0.6) is 0 Å². The van der Waals surface area contributed by atoms with Crippen LogP contribution in [0.1, 0.15) is 57.8 Å². The number of rotatable bonds is 4. The fourth-order valence-corrected chi connectivity index (χ4v) is 4.18. The van der Waals surface area contributed by atoms with Crippen LogP contribution >= 0.6 is 0 Å². The van der Waals surface area contributed by atoms with E-state index in [0.29, 0.717) is 0 Å². The van der Waals surface area contributed by atoms with E-state index in [2.05, 4.69) is 28.7 Å². The van der Waals surface area contributed by atoms with Gasteiger partial charge in [0.15, 0.2) is 0 Å². The number of hydrogen-bond donors (Lipinski definition) is 0. The third-order valence-corrected chi connectivity index (χ3v) is 4.94. The van der Waals surface area contributed by atoms with Crippen molar-refractivity contribution in [1.82, 2.24) is 0 Å². The fraction of sp³-hybridized carbons (Fsp3) is 0.625. The highest BCUT2D eigenvalue weighted by molar-refractivity contribution is 5.99. The van der Waals surface area contributed by atoms with E-state index in [0.717, 1.165) is 0 Å². The fourth-order valence-electron chi connectivity index (χ4n) is 3.79. The summed E-state index contributed by atoms with van der Waals surface area (Å²) in [5.74, 6) is 0. The van der Waals surface area contributed by atoms with Gasteiger partial charge in [-0.1, -0.05) is 18.2 Å². The van der Waals surface area contributed by atoms with Gasteiger partial charge in [0.25, 0.3) is 0 Å². The molecule has 0 spiro atoms. The van der Waals surface area contributed by atoms with E-state index in [1.807, 2.05) is 0 Å². The molecule has 95 valence electrons. The predicted octanol–water partition coefficient (Wildman–Crippen LogP) is 4.16. The Morgan fingerprint density at radius 3 is 1.39 bits per heavy atom. The van der Waals surface area contributed by atoms with Crippen molar-refractivity contribution in [2.45, 2.75) is 63.4 Å². The second kappa shape index (κ2) is 5.18. The van der Waals surface area contributed by atoms with Gasteiger partial charge in [-0.05, 0) is 74.5 Å². The lowest BCUT2D eigenvalue weighted by Gasteiger charge is -2.38. The Bertz CT molecular complexity index is 357. The smallest absolute Gasteiger partial charge is 0.248 e. The summed E-state index contributed by atoms with van der Waals surface area (Å²) in [6.45, 7) is 0. The molecule has 0 aromatic carbocycles. The number of allylic oxidation sites excluding steroid dienone is 3. The molecule has 0 fully saturated rings. The molecule has 2 heteroatoms. The van der Waals surface area contributed by atoms with Crippen molar-refractivity contribution in [3.05, 3.63) is 34.9 Å². The van der Waals surface area contributed by atoms with Crippen molar-refractivity contribution in [3.63, 3.8) is 0 Å². The molecule has 0 heterocycles. The van der Waals surface area contributed by atoms with E-state index in [9.17, 15) is 0 Å². The Balaban J connectivity index is 2.04. The summed E-state index contributed by atoms with van der Waals surface area (Å²) in [5, 5.41) is 0. The molecule has 0 N–H and O–H groups in total. The molecule has 0 amide bonds. The third-order valence-electron chi connectivity index (χ3n) is 4.63. The minimum absolute atomic E-state index is 0.222. The van der Waals surface area contributed by atoms with E-state index in [1.165, 1.54) is 74.5 Å². The van der Waals surface area contributed by atoms with E-state index >= 15 is 0 Å². The van der Waals surface area contributed by atoms with Crippen LogP contribution < -0.4 is 0 Å². The molecule has 0 aromatic rings.